The molecule has 1 aliphatic heterocycles. The largest absolute Gasteiger partial charge is 0.393 e. The molecule has 2 fully saturated rings. The number of fused-ring (bicyclic) bond motifs is 1. The molecule has 0 aromatic carbocycles. The van der Waals surface area contributed by atoms with Crippen LogP contribution in [0.25, 0.3) is 0 Å². The van der Waals surface area contributed by atoms with Gasteiger partial charge in [-0.25, -0.2) is 0 Å². The van der Waals surface area contributed by atoms with E-state index in [2.05, 4.69) is 6.58 Å². The van der Waals surface area contributed by atoms with Crippen molar-refractivity contribution in [1.29, 1.82) is 0 Å². The summed E-state index contributed by atoms with van der Waals surface area (Å²) in [6, 6.07) is 0. The van der Waals surface area contributed by atoms with Gasteiger partial charge in [-0.3, -0.25) is 4.79 Å². The van der Waals surface area contributed by atoms with E-state index in [4.69, 9.17) is 0 Å². The summed E-state index contributed by atoms with van der Waals surface area (Å²) in [6.07, 6.45) is 4.07. The lowest BCUT2D eigenvalue weighted by Crippen LogP contribution is -2.27. The number of aliphatic hydroxyl groups is 1. The predicted molar refractivity (Wildman–Crippen MR) is 53.6 cm³/mol. The molecule has 1 heterocycles. The van der Waals surface area contributed by atoms with Crippen molar-refractivity contribution in [2.75, 3.05) is 13.1 Å². The molecular formula is C11H17NO2. The van der Waals surface area contributed by atoms with E-state index < -0.39 is 0 Å². The van der Waals surface area contributed by atoms with E-state index in [9.17, 15) is 9.90 Å². The maximum absolute atomic E-state index is 11.4. The molecule has 1 aliphatic carbocycles. The van der Waals surface area contributed by atoms with E-state index >= 15 is 0 Å². The third-order valence-corrected chi connectivity index (χ3v) is 3.51. The van der Waals surface area contributed by atoms with Crippen molar-refractivity contribution in [2.24, 2.45) is 11.8 Å². The minimum absolute atomic E-state index is 0.0360. The van der Waals surface area contributed by atoms with Crippen molar-refractivity contribution in [1.82, 2.24) is 4.90 Å². The summed E-state index contributed by atoms with van der Waals surface area (Å²) >= 11 is 0. The lowest BCUT2D eigenvalue weighted by molar-refractivity contribution is -0.125. The molecule has 1 N–H and O–H groups in total. The van der Waals surface area contributed by atoms with Crippen LogP contribution in [0.5, 0.6) is 0 Å². The van der Waals surface area contributed by atoms with Crippen LogP contribution in [0.2, 0.25) is 0 Å². The Morgan fingerprint density at radius 2 is 2.07 bits per heavy atom. The van der Waals surface area contributed by atoms with E-state index in [-0.39, 0.29) is 12.0 Å². The number of aliphatic hydroxyl groups excluding tert-OH is 1. The second-order valence-corrected chi connectivity index (χ2v) is 4.43. The Labute approximate surface area is 84.4 Å². The molecule has 3 heteroatoms. The molecule has 0 radical (unpaired) electrons. The summed E-state index contributed by atoms with van der Waals surface area (Å²) in [7, 11) is 0. The number of likely N-dealkylation sites (tertiary alicyclic amines) is 1. The lowest BCUT2D eigenvalue weighted by Gasteiger charge is -2.27. The summed E-state index contributed by atoms with van der Waals surface area (Å²) in [6.45, 7) is 5.17. The maximum atomic E-state index is 11.4. The first-order valence-corrected chi connectivity index (χ1v) is 5.30. The number of amides is 1. The minimum atomic E-state index is -0.143. The van der Waals surface area contributed by atoms with Crippen LogP contribution in [0.15, 0.2) is 12.7 Å². The van der Waals surface area contributed by atoms with E-state index in [1.54, 1.807) is 0 Å². The topological polar surface area (TPSA) is 40.5 Å². The van der Waals surface area contributed by atoms with Gasteiger partial charge in [0.05, 0.1) is 6.10 Å². The molecule has 2 aliphatic rings. The smallest absolute Gasteiger partial charge is 0.245 e. The molecule has 3 nitrogen and oxygen atoms in total. The summed E-state index contributed by atoms with van der Waals surface area (Å²) in [5.41, 5.74) is 0. The quantitative estimate of drug-likeness (QED) is 0.628. The Morgan fingerprint density at radius 1 is 1.36 bits per heavy atom. The van der Waals surface area contributed by atoms with Crippen molar-refractivity contribution in [3.8, 4) is 0 Å². The van der Waals surface area contributed by atoms with Gasteiger partial charge in [-0.05, 0) is 37.2 Å². The Kier molecular flexibility index (Phi) is 2.59. The summed E-state index contributed by atoms with van der Waals surface area (Å²) < 4.78 is 0. The molecule has 3 atom stereocenters. The number of rotatable bonds is 1. The second-order valence-electron chi connectivity index (χ2n) is 4.43. The van der Waals surface area contributed by atoms with Gasteiger partial charge in [0, 0.05) is 13.1 Å². The van der Waals surface area contributed by atoms with Crippen LogP contribution in [-0.4, -0.2) is 35.1 Å². The van der Waals surface area contributed by atoms with Crippen LogP contribution in [0.4, 0.5) is 0 Å². The molecule has 1 saturated carbocycles. The van der Waals surface area contributed by atoms with Crippen molar-refractivity contribution >= 4 is 5.91 Å². The Hall–Kier alpha value is -0.830. The van der Waals surface area contributed by atoms with Crippen LogP contribution in [-0.2, 0) is 4.79 Å². The molecular weight excluding hydrogens is 178 g/mol. The van der Waals surface area contributed by atoms with E-state index in [1.165, 1.54) is 6.08 Å². The third kappa shape index (κ3) is 1.69. The van der Waals surface area contributed by atoms with Gasteiger partial charge in [-0.2, -0.15) is 0 Å². The monoisotopic (exact) mass is 195 g/mol. The maximum Gasteiger partial charge on any atom is 0.245 e. The highest BCUT2D eigenvalue weighted by atomic mass is 16.3. The highest BCUT2D eigenvalue weighted by Crippen LogP contribution is 2.36. The van der Waals surface area contributed by atoms with Gasteiger partial charge in [0.25, 0.3) is 0 Å². The van der Waals surface area contributed by atoms with Crippen molar-refractivity contribution in [3.63, 3.8) is 0 Å². The van der Waals surface area contributed by atoms with Crippen LogP contribution < -0.4 is 0 Å². The molecule has 0 bridgehead atoms. The molecule has 0 aromatic rings. The third-order valence-electron chi connectivity index (χ3n) is 3.51. The molecule has 0 spiro atoms. The molecule has 0 aromatic heterocycles. The van der Waals surface area contributed by atoms with Gasteiger partial charge < -0.3 is 10.0 Å². The first kappa shape index (κ1) is 9.71. The molecule has 1 amide bonds. The van der Waals surface area contributed by atoms with Crippen molar-refractivity contribution < 1.29 is 9.90 Å². The van der Waals surface area contributed by atoms with E-state index in [0.29, 0.717) is 11.8 Å². The molecule has 2 rings (SSSR count). The summed E-state index contributed by atoms with van der Waals surface area (Å²) in [5.74, 6) is 1.17. The minimum Gasteiger partial charge on any atom is -0.393 e. The van der Waals surface area contributed by atoms with Crippen molar-refractivity contribution in [3.05, 3.63) is 12.7 Å². The zero-order valence-corrected chi connectivity index (χ0v) is 8.35. The number of nitrogens with zero attached hydrogens (tertiary/aromatic N) is 1. The number of hydrogen-bond acceptors (Lipinski definition) is 2. The normalized spacial score (nSPS) is 36.6. The summed E-state index contributed by atoms with van der Waals surface area (Å²) in [4.78, 5) is 13.2. The SMILES string of the molecule is C=CC(=O)N1CC2CCC(O)CC2C1. The van der Waals surface area contributed by atoms with Crippen LogP contribution >= 0.6 is 0 Å². The second kappa shape index (κ2) is 3.73. The number of hydrogen-bond donors (Lipinski definition) is 1. The average Bonchev–Trinajstić information content (AvgIpc) is 2.59. The van der Waals surface area contributed by atoms with Gasteiger partial charge in [0.15, 0.2) is 0 Å². The zero-order valence-electron chi connectivity index (χ0n) is 8.35. The zero-order chi connectivity index (χ0) is 10.1. The molecule has 1 saturated heterocycles. The number of carbonyl (C=O) groups excluding carboxylic acids is 1. The predicted octanol–water partition coefficient (Wildman–Crippen LogP) is 0.792. The van der Waals surface area contributed by atoms with Crippen LogP contribution in [0.1, 0.15) is 19.3 Å². The van der Waals surface area contributed by atoms with Crippen LogP contribution in [0.3, 0.4) is 0 Å². The van der Waals surface area contributed by atoms with Gasteiger partial charge >= 0.3 is 0 Å². The fraction of sp³-hybridized carbons (Fsp3) is 0.727. The highest BCUT2D eigenvalue weighted by molar-refractivity contribution is 5.87. The van der Waals surface area contributed by atoms with Crippen LogP contribution in [0, 0.1) is 11.8 Å². The fourth-order valence-electron chi connectivity index (χ4n) is 2.72. The lowest BCUT2D eigenvalue weighted by atomic mass is 9.80. The van der Waals surface area contributed by atoms with E-state index in [0.717, 1.165) is 32.4 Å². The van der Waals surface area contributed by atoms with Gasteiger partial charge in [0.2, 0.25) is 5.91 Å². The fourth-order valence-corrected chi connectivity index (χ4v) is 2.72. The van der Waals surface area contributed by atoms with Gasteiger partial charge in [-0.1, -0.05) is 6.58 Å². The Morgan fingerprint density at radius 3 is 2.79 bits per heavy atom. The number of carbonyl (C=O) groups is 1. The molecule has 3 unspecified atom stereocenters. The highest BCUT2D eigenvalue weighted by Gasteiger charge is 2.38. The standard InChI is InChI=1S/C11H17NO2/c1-2-11(14)12-6-8-3-4-10(13)5-9(8)7-12/h2,8-10,13H,1,3-7H2. The van der Waals surface area contributed by atoms with Crippen molar-refractivity contribution in [2.45, 2.75) is 25.4 Å². The Balaban J connectivity index is 1.98. The summed E-state index contributed by atoms with van der Waals surface area (Å²) in [5, 5.41) is 9.51. The van der Waals surface area contributed by atoms with Gasteiger partial charge in [0.1, 0.15) is 0 Å². The molecule has 14 heavy (non-hydrogen) atoms. The first-order valence-electron chi connectivity index (χ1n) is 5.30. The van der Waals surface area contributed by atoms with E-state index in [1.807, 2.05) is 4.90 Å². The molecule has 78 valence electrons. The van der Waals surface area contributed by atoms with Gasteiger partial charge in [-0.15, -0.1) is 0 Å². The first-order chi connectivity index (χ1) is 6.70. The Bertz CT molecular complexity index is 252. The average molecular weight is 195 g/mol.